The average Bonchev–Trinajstić information content (AvgIpc) is 2.98. The highest BCUT2D eigenvalue weighted by atomic mass is 32.2. The van der Waals surface area contributed by atoms with Crippen molar-refractivity contribution < 1.29 is 12.8 Å². The molecule has 2 aromatic rings. The molecule has 0 spiro atoms. The molecule has 1 aliphatic rings. The minimum atomic E-state index is -2.89. The monoisotopic (exact) mass is 312 g/mol. The van der Waals surface area contributed by atoms with Crippen molar-refractivity contribution in [3.8, 4) is 11.3 Å². The summed E-state index contributed by atoms with van der Waals surface area (Å²) < 4.78 is 35.7. The van der Waals surface area contributed by atoms with Crippen LogP contribution in [0.2, 0.25) is 0 Å². The molecule has 7 heteroatoms. The third-order valence-electron chi connectivity index (χ3n) is 3.20. The smallest absolute Gasteiger partial charge is 0.183 e. The van der Waals surface area contributed by atoms with Gasteiger partial charge in [0.15, 0.2) is 15.0 Å². The second-order valence-corrected chi connectivity index (χ2v) is 7.88. The van der Waals surface area contributed by atoms with Crippen molar-refractivity contribution in [2.45, 2.75) is 12.5 Å². The number of aromatic nitrogens is 1. The maximum Gasteiger partial charge on any atom is 0.183 e. The molecule has 1 unspecified atom stereocenters. The number of hydrogen-bond donors (Lipinski definition) is 1. The first-order valence-corrected chi connectivity index (χ1v) is 8.90. The van der Waals surface area contributed by atoms with E-state index in [1.54, 1.807) is 12.1 Å². The Morgan fingerprint density at radius 2 is 2.05 bits per heavy atom. The summed E-state index contributed by atoms with van der Waals surface area (Å²) in [6.07, 6.45) is 0.619. The first kappa shape index (κ1) is 13.5. The quantitative estimate of drug-likeness (QED) is 0.946. The molecule has 0 radical (unpaired) electrons. The Morgan fingerprint density at radius 1 is 1.30 bits per heavy atom. The topological polar surface area (TPSA) is 59.1 Å². The van der Waals surface area contributed by atoms with Gasteiger partial charge in [-0.2, -0.15) is 0 Å². The molecule has 1 aromatic heterocycles. The number of anilines is 1. The highest BCUT2D eigenvalue weighted by Crippen LogP contribution is 2.26. The molecule has 0 bridgehead atoms. The van der Waals surface area contributed by atoms with Crippen LogP contribution in [0.3, 0.4) is 0 Å². The van der Waals surface area contributed by atoms with E-state index in [2.05, 4.69) is 10.3 Å². The molecule has 0 saturated carbocycles. The molecule has 20 heavy (non-hydrogen) atoms. The van der Waals surface area contributed by atoms with Gasteiger partial charge in [0.1, 0.15) is 5.82 Å². The van der Waals surface area contributed by atoms with Crippen molar-refractivity contribution >= 4 is 26.3 Å². The first-order valence-electron chi connectivity index (χ1n) is 6.20. The van der Waals surface area contributed by atoms with Gasteiger partial charge in [0, 0.05) is 17.0 Å². The highest BCUT2D eigenvalue weighted by molar-refractivity contribution is 7.91. The van der Waals surface area contributed by atoms with Crippen molar-refractivity contribution in [1.29, 1.82) is 0 Å². The van der Waals surface area contributed by atoms with Crippen LogP contribution in [0.4, 0.5) is 9.52 Å². The van der Waals surface area contributed by atoms with Crippen molar-refractivity contribution in [3.05, 3.63) is 35.5 Å². The van der Waals surface area contributed by atoms with Gasteiger partial charge in [-0.05, 0) is 30.7 Å². The predicted octanol–water partition coefficient (Wildman–Crippen LogP) is 2.55. The molecule has 1 N–H and O–H groups in total. The number of sulfone groups is 1. The van der Waals surface area contributed by atoms with Crippen molar-refractivity contribution in [1.82, 2.24) is 4.98 Å². The molecule has 1 atom stereocenters. The van der Waals surface area contributed by atoms with Gasteiger partial charge in [-0.15, -0.1) is 11.3 Å². The summed E-state index contributed by atoms with van der Waals surface area (Å²) in [6, 6.07) is 6.08. The van der Waals surface area contributed by atoms with Gasteiger partial charge in [0.2, 0.25) is 0 Å². The lowest BCUT2D eigenvalue weighted by Crippen LogP contribution is -2.20. The molecule has 1 aromatic carbocycles. The summed E-state index contributed by atoms with van der Waals surface area (Å²) in [4.78, 5) is 4.41. The maximum atomic E-state index is 12.9. The van der Waals surface area contributed by atoms with E-state index in [9.17, 15) is 12.8 Å². The van der Waals surface area contributed by atoms with Gasteiger partial charge in [0.05, 0.1) is 17.2 Å². The lowest BCUT2D eigenvalue weighted by molar-refractivity contribution is 0.602. The number of rotatable bonds is 3. The summed E-state index contributed by atoms with van der Waals surface area (Å²) in [5, 5.41) is 5.73. The van der Waals surface area contributed by atoms with Crippen LogP contribution in [-0.2, 0) is 9.84 Å². The second kappa shape index (κ2) is 5.14. The molecule has 0 amide bonds. The summed E-state index contributed by atoms with van der Waals surface area (Å²) in [5.74, 6) is 0.123. The van der Waals surface area contributed by atoms with Gasteiger partial charge < -0.3 is 5.32 Å². The molecule has 2 heterocycles. The molecular formula is C13H13FN2O2S2. The molecule has 106 valence electrons. The predicted molar refractivity (Wildman–Crippen MR) is 78.2 cm³/mol. The van der Waals surface area contributed by atoms with Crippen molar-refractivity contribution in [2.75, 3.05) is 16.8 Å². The van der Waals surface area contributed by atoms with Crippen LogP contribution >= 0.6 is 11.3 Å². The van der Waals surface area contributed by atoms with Gasteiger partial charge in [-0.25, -0.2) is 17.8 Å². The van der Waals surface area contributed by atoms with E-state index in [1.807, 2.05) is 5.38 Å². The normalized spacial score (nSPS) is 20.9. The number of thiazole rings is 1. The fourth-order valence-electron chi connectivity index (χ4n) is 2.18. The Labute approximate surface area is 120 Å². The van der Waals surface area contributed by atoms with Crippen LogP contribution < -0.4 is 5.32 Å². The fourth-order valence-corrected chi connectivity index (χ4v) is 4.65. The number of benzene rings is 1. The number of hydrogen-bond acceptors (Lipinski definition) is 5. The third-order valence-corrected chi connectivity index (χ3v) is 5.75. The minimum Gasteiger partial charge on any atom is -0.358 e. The molecular weight excluding hydrogens is 299 g/mol. The second-order valence-electron chi connectivity index (χ2n) is 4.79. The Morgan fingerprint density at radius 3 is 2.70 bits per heavy atom. The van der Waals surface area contributed by atoms with Crippen molar-refractivity contribution in [3.63, 3.8) is 0 Å². The van der Waals surface area contributed by atoms with Crippen LogP contribution in [0.15, 0.2) is 29.6 Å². The molecule has 3 rings (SSSR count). The highest BCUT2D eigenvalue weighted by Gasteiger charge is 2.28. The largest absolute Gasteiger partial charge is 0.358 e. The number of nitrogens with one attached hydrogen (secondary N) is 1. The molecule has 4 nitrogen and oxygen atoms in total. The molecule has 1 saturated heterocycles. The van der Waals surface area contributed by atoms with Crippen molar-refractivity contribution in [2.24, 2.45) is 0 Å². The fraction of sp³-hybridized carbons (Fsp3) is 0.308. The van der Waals surface area contributed by atoms with E-state index in [0.717, 1.165) is 11.3 Å². The number of halogens is 1. The van der Waals surface area contributed by atoms with Gasteiger partial charge in [0.25, 0.3) is 0 Å². The average molecular weight is 312 g/mol. The third kappa shape index (κ3) is 2.99. The van der Waals surface area contributed by atoms with Crippen LogP contribution in [0.5, 0.6) is 0 Å². The summed E-state index contributed by atoms with van der Waals surface area (Å²) in [7, 11) is -2.89. The Balaban J connectivity index is 1.73. The summed E-state index contributed by atoms with van der Waals surface area (Å²) in [6.45, 7) is 0. The lowest BCUT2D eigenvalue weighted by Gasteiger charge is -2.08. The van der Waals surface area contributed by atoms with Crippen LogP contribution in [0.1, 0.15) is 6.42 Å². The summed E-state index contributed by atoms with van der Waals surface area (Å²) >= 11 is 1.42. The van der Waals surface area contributed by atoms with Gasteiger partial charge in [-0.3, -0.25) is 0 Å². The van der Waals surface area contributed by atoms with Gasteiger partial charge >= 0.3 is 0 Å². The SMILES string of the molecule is O=S1(=O)CCC(Nc2nc(-c3ccc(F)cc3)cs2)C1. The Kier molecular flexibility index (Phi) is 3.47. The zero-order chi connectivity index (χ0) is 14.2. The molecule has 0 aliphatic carbocycles. The van der Waals surface area contributed by atoms with E-state index in [4.69, 9.17) is 0 Å². The van der Waals surface area contributed by atoms with E-state index in [1.165, 1.54) is 23.5 Å². The van der Waals surface area contributed by atoms with Crippen LogP contribution in [-0.4, -0.2) is 30.9 Å². The van der Waals surface area contributed by atoms with Crippen LogP contribution in [0.25, 0.3) is 11.3 Å². The van der Waals surface area contributed by atoms with E-state index >= 15 is 0 Å². The van der Waals surface area contributed by atoms with Gasteiger partial charge in [-0.1, -0.05) is 0 Å². The zero-order valence-corrected chi connectivity index (χ0v) is 12.2. The lowest BCUT2D eigenvalue weighted by atomic mass is 10.2. The standard InChI is InChI=1S/C13H13FN2O2S2/c14-10-3-1-9(2-4-10)12-7-19-13(16-12)15-11-5-6-20(17,18)8-11/h1-4,7,11H,5-6,8H2,(H,15,16). The van der Waals surface area contributed by atoms with Crippen LogP contribution in [0, 0.1) is 5.82 Å². The number of nitrogens with zero attached hydrogens (tertiary/aromatic N) is 1. The first-order chi connectivity index (χ1) is 9.52. The zero-order valence-electron chi connectivity index (χ0n) is 10.5. The van der Waals surface area contributed by atoms with E-state index < -0.39 is 9.84 Å². The Hall–Kier alpha value is -1.47. The summed E-state index contributed by atoms with van der Waals surface area (Å²) in [5.41, 5.74) is 1.60. The van der Waals surface area contributed by atoms with E-state index in [-0.39, 0.29) is 23.4 Å². The van der Waals surface area contributed by atoms with E-state index in [0.29, 0.717) is 11.6 Å². The minimum absolute atomic E-state index is 0.0628. The molecule has 1 aliphatic heterocycles. The molecule has 1 fully saturated rings. The maximum absolute atomic E-state index is 12.9. The Bertz CT molecular complexity index is 710.